The molecule has 2 heterocycles. The van der Waals surface area contributed by atoms with Crippen molar-refractivity contribution in [3.63, 3.8) is 0 Å². The van der Waals surface area contributed by atoms with Crippen LogP contribution in [0.3, 0.4) is 0 Å². The lowest BCUT2D eigenvalue weighted by Gasteiger charge is -2.34. The molecule has 0 radical (unpaired) electrons. The van der Waals surface area contributed by atoms with Gasteiger partial charge < -0.3 is 19.8 Å². The lowest BCUT2D eigenvalue weighted by Crippen LogP contribution is -2.45. The van der Waals surface area contributed by atoms with Crippen molar-refractivity contribution in [2.75, 3.05) is 17.9 Å². The Morgan fingerprint density at radius 1 is 0.977 bits per heavy atom. The summed E-state index contributed by atoms with van der Waals surface area (Å²) in [6, 6.07) is 11.3. The Kier molecular flexibility index (Phi) is 9.72. The number of fused-ring (bicyclic) bond motifs is 4. The van der Waals surface area contributed by atoms with Gasteiger partial charge in [-0.2, -0.15) is 4.98 Å². The van der Waals surface area contributed by atoms with E-state index in [2.05, 4.69) is 14.7 Å². The van der Waals surface area contributed by atoms with E-state index >= 15 is 0 Å². The van der Waals surface area contributed by atoms with E-state index in [-0.39, 0.29) is 34.8 Å². The minimum atomic E-state index is -4.18. The van der Waals surface area contributed by atoms with Crippen molar-refractivity contribution >= 4 is 21.9 Å². The Hall–Kier alpha value is -3.54. The fourth-order valence-corrected chi connectivity index (χ4v) is 6.40. The van der Waals surface area contributed by atoms with E-state index in [4.69, 9.17) is 4.74 Å². The molecule has 4 rings (SSSR count). The van der Waals surface area contributed by atoms with Crippen LogP contribution in [0.25, 0.3) is 11.3 Å². The number of sulfonamides is 1. The SMILES string of the molecule is Cc1cccc(C)c1-c1nc2nc(c1C)OC[C@@H](CCC(C)(C)O)N(CCCC(C)(C)O)C(=O)c1cccc(c1)S(=O)(=O)N2. The monoisotopic (exact) mass is 624 g/mol. The zero-order chi connectivity index (χ0) is 32.4. The number of hydrogen-bond acceptors (Lipinski definition) is 8. The largest absolute Gasteiger partial charge is 0.475 e. The maximum atomic E-state index is 14.1. The average molecular weight is 625 g/mol. The van der Waals surface area contributed by atoms with Crippen LogP contribution in [0.5, 0.6) is 5.88 Å². The van der Waals surface area contributed by atoms with Gasteiger partial charge in [-0.1, -0.05) is 24.3 Å². The number of hydrogen-bond donors (Lipinski definition) is 3. The van der Waals surface area contributed by atoms with E-state index in [1.807, 2.05) is 39.0 Å². The van der Waals surface area contributed by atoms with E-state index in [0.29, 0.717) is 43.5 Å². The summed E-state index contributed by atoms with van der Waals surface area (Å²) in [5, 5.41) is 21.0. The Labute approximate surface area is 260 Å². The molecule has 1 aliphatic rings. The van der Waals surface area contributed by atoms with Crippen LogP contribution in [0, 0.1) is 20.8 Å². The standard InChI is InChI=1S/C33H44N4O6S/c1-21-11-8-12-22(2)27(21)28-23(3)29-35-31(34-28)36-44(41,42)26-14-9-13-24(19-26)30(38)37(18-10-16-32(4,5)39)25(20-43-29)15-17-33(6,7)40/h8-9,11-14,19,25,39-40H,10,15-18,20H2,1-7H3,(H,34,35,36)/t25-/m1/s1. The number of nitrogens with zero attached hydrogens (tertiary/aromatic N) is 3. The fourth-order valence-electron chi connectivity index (χ4n) is 5.41. The van der Waals surface area contributed by atoms with Gasteiger partial charge in [0.1, 0.15) is 6.61 Å². The molecule has 0 saturated carbocycles. The van der Waals surface area contributed by atoms with Gasteiger partial charge in [-0.05, 0) is 103 Å². The van der Waals surface area contributed by atoms with Gasteiger partial charge in [0.25, 0.3) is 15.9 Å². The Bertz CT molecular complexity index is 1610. The minimum absolute atomic E-state index is 0.0419. The number of rotatable bonds is 8. The summed E-state index contributed by atoms with van der Waals surface area (Å²) in [5.41, 5.74) is 2.22. The smallest absolute Gasteiger partial charge is 0.264 e. The number of nitrogens with one attached hydrogen (secondary N) is 1. The maximum Gasteiger partial charge on any atom is 0.264 e. The van der Waals surface area contributed by atoms with Crippen molar-refractivity contribution in [3.05, 3.63) is 64.7 Å². The number of amides is 1. The Morgan fingerprint density at radius 2 is 1.61 bits per heavy atom. The molecule has 0 unspecified atom stereocenters. The van der Waals surface area contributed by atoms with Crippen LogP contribution in [-0.4, -0.2) is 69.8 Å². The highest BCUT2D eigenvalue weighted by Gasteiger charge is 2.31. The summed E-state index contributed by atoms with van der Waals surface area (Å²) in [4.78, 5) is 24.8. The first-order chi connectivity index (χ1) is 20.4. The zero-order valence-electron chi connectivity index (χ0n) is 26.6. The number of aromatic nitrogens is 2. The molecule has 0 aliphatic carbocycles. The number of aliphatic hydroxyl groups is 2. The van der Waals surface area contributed by atoms with Crippen LogP contribution < -0.4 is 9.46 Å². The predicted molar refractivity (Wildman–Crippen MR) is 170 cm³/mol. The molecule has 44 heavy (non-hydrogen) atoms. The van der Waals surface area contributed by atoms with E-state index in [0.717, 1.165) is 16.7 Å². The fraction of sp³-hybridized carbons (Fsp3) is 0.485. The van der Waals surface area contributed by atoms with Gasteiger partial charge in [-0.15, -0.1) is 0 Å². The highest BCUT2D eigenvalue weighted by molar-refractivity contribution is 7.92. The van der Waals surface area contributed by atoms with Crippen molar-refractivity contribution in [2.45, 2.75) is 96.3 Å². The molecule has 0 saturated heterocycles. The number of benzene rings is 2. The number of carbonyl (C=O) groups excluding carboxylic acids is 1. The molecule has 11 heteroatoms. The second kappa shape index (κ2) is 12.8. The van der Waals surface area contributed by atoms with Gasteiger partial charge in [0.05, 0.1) is 27.8 Å². The van der Waals surface area contributed by atoms with Crippen molar-refractivity contribution in [1.82, 2.24) is 14.9 Å². The summed E-state index contributed by atoms with van der Waals surface area (Å²) >= 11 is 0. The van der Waals surface area contributed by atoms with Gasteiger partial charge in [-0.25, -0.2) is 18.1 Å². The highest BCUT2D eigenvalue weighted by atomic mass is 32.2. The van der Waals surface area contributed by atoms with E-state index in [1.165, 1.54) is 18.2 Å². The highest BCUT2D eigenvalue weighted by Crippen LogP contribution is 2.34. The van der Waals surface area contributed by atoms with Crippen LogP contribution in [0.4, 0.5) is 5.95 Å². The number of aryl methyl sites for hydroxylation is 2. The maximum absolute atomic E-state index is 14.1. The third-order valence-corrected chi connectivity index (χ3v) is 9.15. The molecule has 10 nitrogen and oxygen atoms in total. The minimum Gasteiger partial charge on any atom is -0.475 e. The lowest BCUT2D eigenvalue weighted by atomic mass is 9.97. The van der Waals surface area contributed by atoms with E-state index in [9.17, 15) is 23.4 Å². The average Bonchev–Trinajstić information content (AvgIpc) is 2.91. The quantitative estimate of drug-likeness (QED) is 0.312. The van der Waals surface area contributed by atoms with E-state index in [1.54, 1.807) is 38.7 Å². The van der Waals surface area contributed by atoms with Gasteiger partial charge in [0.15, 0.2) is 0 Å². The molecule has 0 fully saturated rings. The van der Waals surface area contributed by atoms with Crippen molar-refractivity contribution in [3.8, 4) is 17.1 Å². The van der Waals surface area contributed by atoms with Crippen LogP contribution in [-0.2, 0) is 10.0 Å². The molecule has 1 aliphatic heterocycles. The first-order valence-corrected chi connectivity index (χ1v) is 16.4. The molecule has 2 aromatic carbocycles. The van der Waals surface area contributed by atoms with Gasteiger partial charge in [-0.3, -0.25) is 4.79 Å². The summed E-state index contributed by atoms with van der Waals surface area (Å²) in [6.45, 7) is 12.9. The first-order valence-electron chi connectivity index (χ1n) is 14.9. The molecule has 3 N–H and O–H groups in total. The van der Waals surface area contributed by atoms with Crippen LogP contribution >= 0.6 is 0 Å². The Balaban J connectivity index is 1.89. The molecule has 1 atom stereocenters. The molecule has 3 aromatic rings. The topological polar surface area (TPSA) is 142 Å². The first kappa shape index (κ1) is 33.4. The van der Waals surface area contributed by atoms with E-state index < -0.39 is 27.3 Å². The van der Waals surface area contributed by atoms with Crippen molar-refractivity contribution in [1.29, 1.82) is 0 Å². The third-order valence-electron chi connectivity index (χ3n) is 7.83. The number of ether oxygens (including phenoxy) is 1. The van der Waals surface area contributed by atoms with Crippen LogP contribution in [0.15, 0.2) is 47.4 Å². The number of carbonyl (C=O) groups is 1. The molecule has 4 bridgehead atoms. The summed E-state index contributed by atoms with van der Waals surface area (Å²) in [5.74, 6) is -0.320. The lowest BCUT2D eigenvalue weighted by molar-refractivity contribution is 0.0348. The van der Waals surface area contributed by atoms with Gasteiger partial charge in [0, 0.05) is 23.2 Å². The summed E-state index contributed by atoms with van der Waals surface area (Å²) < 4.78 is 36.0. The molecule has 238 valence electrons. The summed E-state index contributed by atoms with van der Waals surface area (Å²) in [6.07, 6.45) is 1.74. The van der Waals surface area contributed by atoms with Gasteiger partial charge >= 0.3 is 0 Å². The second-order valence-corrected chi connectivity index (χ2v) is 14.6. The summed E-state index contributed by atoms with van der Waals surface area (Å²) in [7, 11) is -4.18. The van der Waals surface area contributed by atoms with Crippen molar-refractivity contribution in [2.24, 2.45) is 0 Å². The molecular weight excluding hydrogens is 580 g/mol. The van der Waals surface area contributed by atoms with Gasteiger partial charge in [0.2, 0.25) is 11.8 Å². The molecule has 1 amide bonds. The number of anilines is 1. The Morgan fingerprint density at radius 3 is 2.25 bits per heavy atom. The molecular formula is C33H44N4O6S. The van der Waals surface area contributed by atoms with Crippen LogP contribution in [0.2, 0.25) is 0 Å². The predicted octanol–water partition coefficient (Wildman–Crippen LogP) is 5.18. The third kappa shape index (κ3) is 8.13. The normalized spacial score (nSPS) is 17.2. The molecule has 0 spiro atoms. The van der Waals surface area contributed by atoms with Crippen molar-refractivity contribution < 1.29 is 28.2 Å². The van der Waals surface area contributed by atoms with Crippen LogP contribution in [0.1, 0.15) is 80.4 Å². The zero-order valence-corrected chi connectivity index (χ0v) is 27.5. The molecule has 1 aromatic heterocycles. The second-order valence-electron chi connectivity index (χ2n) is 13.0.